The molecule has 2 heterocycles. The van der Waals surface area contributed by atoms with E-state index >= 15 is 0 Å². The Hall–Kier alpha value is -3.68. The van der Waals surface area contributed by atoms with Crippen molar-refractivity contribution < 1.29 is 14.3 Å². The first-order valence-electron chi connectivity index (χ1n) is 12.0. The molecule has 0 saturated carbocycles. The van der Waals surface area contributed by atoms with Crippen molar-refractivity contribution in [2.24, 2.45) is 0 Å². The van der Waals surface area contributed by atoms with Crippen molar-refractivity contribution in [3.05, 3.63) is 83.4 Å². The van der Waals surface area contributed by atoms with E-state index in [0.29, 0.717) is 30.8 Å². The molecule has 7 nitrogen and oxygen atoms in total. The van der Waals surface area contributed by atoms with E-state index < -0.39 is 0 Å². The van der Waals surface area contributed by atoms with E-state index in [9.17, 15) is 9.59 Å². The van der Waals surface area contributed by atoms with Gasteiger partial charge in [0.1, 0.15) is 0 Å². The summed E-state index contributed by atoms with van der Waals surface area (Å²) in [6.45, 7) is 5.10. The fourth-order valence-corrected chi connectivity index (χ4v) is 4.77. The number of anilines is 2. The second kappa shape index (κ2) is 10.3. The van der Waals surface area contributed by atoms with Gasteiger partial charge in [-0.05, 0) is 52.6 Å². The monoisotopic (exact) mass is 470 g/mol. The average molecular weight is 471 g/mol. The summed E-state index contributed by atoms with van der Waals surface area (Å²) in [5.74, 6) is -0.0912. The summed E-state index contributed by atoms with van der Waals surface area (Å²) in [5.41, 5.74) is 12.1. The van der Waals surface area contributed by atoms with Gasteiger partial charge >= 0.3 is 0 Å². The quantitative estimate of drug-likeness (QED) is 0.518. The van der Waals surface area contributed by atoms with Gasteiger partial charge < -0.3 is 20.7 Å². The molecule has 2 aliphatic rings. The number of morpholine rings is 1. The number of nitrogens with one attached hydrogen (secondary N) is 1. The lowest BCUT2D eigenvalue weighted by molar-refractivity contribution is -0.117. The summed E-state index contributed by atoms with van der Waals surface area (Å²) in [5, 5.41) is 3.02. The predicted molar refractivity (Wildman–Crippen MR) is 137 cm³/mol. The zero-order chi connectivity index (χ0) is 24.2. The van der Waals surface area contributed by atoms with Crippen LogP contribution in [0.15, 0.2) is 66.7 Å². The molecule has 180 valence electrons. The lowest BCUT2D eigenvalue weighted by Crippen LogP contribution is -2.42. The summed E-state index contributed by atoms with van der Waals surface area (Å²) in [6, 6.07) is 21.3. The van der Waals surface area contributed by atoms with Crippen LogP contribution in [0.4, 0.5) is 11.4 Å². The number of hydrogen-bond acceptors (Lipinski definition) is 5. The zero-order valence-electron chi connectivity index (χ0n) is 19.7. The normalized spacial score (nSPS) is 15.8. The van der Waals surface area contributed by atoms with Crippen LogP contribution in [0.3, 0.4) is 0 Å². The van der Waals surface area contributed by atoms with Gasteiger partial charge in [0.15, 0.2) is 0 Å². The van der Waals surface area contributed by atoms with Gasteiger partial charge in [-0.25, -0.2) is 0 Å². The Balaban J connectivity index is 1.26. The van der Waals surface area contributed by atoms with Crippen LogP contribution >= 0.6 is 0 Å². The summed E-state index contributed by atoms with van der Waals surface area (Å²) >= 11 is 0. The lowest BCUT2D eigenvalue weighted by atomic mass is 9.99. The highest BCUT2D eigenvalue weighted by Crippen LogP contribution is 2.30. The molecular formula is C28H30N4O3. The molecule has 0 aromatic heterocycles. The van der Waals surface area contributed by atoms with E-state index in [2.05, 4.69) is 10.2 Å². The minimum atomic E-state index is -0.173. The van der Waals surface area contributed by atoms with Crippen LogP contribution in [-0.4, -0.2) is 56.1 Å². The van der Waals surface area contributed by atoms with Crippen LogP contribution in [-0.2, 0) is 22.5 Å². The van der Waals surface area contributed by atoms with Gasteiger partial charge in [0.2, 0.25) is 5.91 Å². The molecule has 5 rings (SSSR count). The van der Waals surface area contributed by atoms with Gasteiger partial charge in [-0.3, -0.25) is 14.5 Å². The highest BCUT2D eigenvalue weighted by molar-refractivity contribution is 6.03. The molecule has 2 amide bonds. The number of amides is 2. The lowest BCUT2D eigenvalue weighted by Gasteiger charge is -2.28. The third kappa shape index (κ3) is 5.21. The van der Waals surface area contributed by atoms with E-state index in [1.807, 2.05) is 65.6 Å². The van der Waals surface area contributed by atoms with Crippen molar-refractivity contribution in [3.63, 3.8) is 0 Å². The first-order valence-corrected chi connectivity index (χ1v) is 12.0. The smallest absolute Gasteiger partial charge is 0.251 e. The molecule has 2 aliphatic heterocycles. The standard InChI is InChI=1S/C28H30N4O3/c29-24-7-8-25(20-4-2-1-3-5-20)23(17-24)19-30-28(34)21-6-9-26-22(16-21)18-27(33)32(26)11-10-31-12-14-35-15-13-31/h1-9,16-17H,10-15,18-19,29H2,(H,30,34). The van der Waals surface area contributed by atoms with Crippen LogP contribution < -0.4 is 16.0 Å². The molecule has 0 atom stereocenters. The molecule has 0 aliphatic carbocycles. The molecule has 0 spiro atoms. The Bertz CT molecular complexity index is 1220. The number of carbonyl (C=O) groups is 2. The van der Waals surface area contributed by atoms with Crippen molar-refractivity contribution in [2.45, 2.75) is 13.0 Å². The SMILES string of the molecule is Nc1ccc(-c2ccccc2)c(CNC(=O)c2ccc3c(c2)CC(=O)N3CCN2CCOCC2)c1. The maximum absolute atomic E-state index is 13.0. The molecule has 35 heavy (non-hydrogen) atoms. The summed E-state index contributed by atoms with van der Waals surface area (Å²) in [4.78, 5) is 29.8. The van der Waals surface area contributed by atoms with E-state index in [1.54, 1.807) is 6.07 Å². The number of ether oxygens (including phenoxy) is 1. The molecule has 3 aromatic carbocycles. The molecule has 1 fully saturated rings. The molecule has 0 unspecified atom stereocenters. The molecule has 0 radical (unpaired) electrons. The number of nitrogen functional groups attached to an aromatic ring is 1. The summed E-state index contributed by atoms with van der Waals surface area (Å²) < 4.78 is 5.40. The van der Waals surface area contributed by atoms with Crippen LogP contribution in [0.5, 0.6) is 0 Å². The van der Waals surface area contributed by atoms with Crippen molar-refractivity contribution in [1.82, 2.24) is 10.2 Å². The Kier molecular flexibility index (Phi) is 6.79. The van der Waals surface area contributed by atoms with Gasteiger partial charge in [0, 0.05) is 49.7 Å². The largest absolute Gasteiger partial charge is 0.399 e. The van der Waals surface area contributed by atoms with Crippen molar-refractivity contribution >= 4 is 23.2 Å². The maximum Gasteiger partial charge on any atom is 0.251 e. The van der Waals surface area contributed by atoms with Gasteiger partial charge in [-0.2, -0.15) is 0 Å². The first-order chi connectivity index (χ1) is 17.1. The first kappa shape index (κ1) is 23.1. The fraction of sp³-hybridized carbons (Fsp3) is 0.286. The number of rotatable bonds is 7. The fourth-order valence-electron chi connectivity index (χ4n) is 4.77. The number of hydrogen-bond donors (Lipinski definition) is 2. The molecule has 7 heteroatoms. The van der Waals surface area contributed by atoms with Crippen LogP contribution in [0.25, 0.3) is 11.1 Å². The van der Waals surface area contributed by atoms with Gasteiger partial charge in [0.25, 0.3) is 5.91 Å². The number of nitrogens with zero attached hydrogens (tertiary/aromatic N) is 2. The molecular weight excluding hydrogens is 440 g/mol. The predicted octanol–water partition coefficient (Wildman–Crippen LogP) is 3.09. The zero-order valence-corrected chi connectivity index (χ0v) is 19.7. The summed E-state index contributed by atoms with van der Waals surface area (Å²) in [6.07, 6.45) is 0.326. The summed E-state index contributed by atoms with van der Waals surface area (Å²) in [7, 11) is 0. The molecule has 3 aromatic rings. The third-order valence-corrected chi connectivity index (χ3v) is 6.67. The van der Waals surface area contributed by atoms with Crippen LogP contribution in [0.2, 0.25) is 0 Å². The molecule has 3 N–H and O–H groups in total. The third-order valence-electron chi connectivity index (χ3n) is 6.67. The number of fused-ring (bicyclic) bond motifs is 1. The molecule has 1 saturated heterocycles. The Labute approximate surface area is 205 Å². The van der Waals surface area contributed by atoms with Crippen molar-refractivity contribution in [2.75, 3.05) is 50.0 Å². The number of carbonyl (C=O) groups excluding carboxylic acids is 2. The van der Waals surface area contributed by atoms with Crippen LogP contribution in [0, 0.1) is 0 Å². The van der Waals surface area contributed by atoms with Gasteiger partial charge in [-0.15, -0.1) is 0 Å². The number of nitrogens with two attached hydrogens (primary N) is 1. The second-order valence-corrected chi connectivity index (χ2v) is 8.98. The van der Waals surface area contributed by atoms with Gasteiger partial charge in [-0.1, -0.05) is 36.4 Å². The van der Waals surface area contributed by atoms with E-state index in [4.69, 9.17) is 10.5 Å². The minimum Gasteiger partial charge on any atom is -0.399 e. The van der Waals surface area contributed by atoms with Crippen molar-refractivity contribution in [1.29, 1.82) is 0 Å². The van der Waals surface area contributed by atoms with Crippen molar-refractivity contribution in [3.8, 4) is 11.1 Å². The Morgan fingerprint density at radius 2 is 1.77 bits per heavy atom. The van der Waals surface area contributed by atoms with Crippen LogP contribution in [0.1, 0.15) is 21.5 Å². The highest BCUT2D eigenvalue weighted by atomic mass is 16.5. The maximum atomic E-state index is 13.0. The minimum absolute atomic E-state index is 0.0816. The average Bonchev–Trinajstić information content (AvgIpc) is 3.21. The Morgan fingerprint density at radius 3 is 2.57 bits per heavy atom. The van der Waals surface area contributed by atoms with E-state index in [1.165, 1.54) is 0 Å². The van der Waals surface area contributed by atoms with E-state index in [-0.39, 0.29) is 11.8 Å². The second-order valence-electron chi connectivity index (χ2n) is 8.98. The Morgan fingerprint density at radius 1 is 0.971 bits per heavy atom. The topological polar surface area (TPSA) is 87.9 Å². The van der Waals surface area contributed by atoms with E-state index in [0.717, 1.165) is 60.8 Å². The van der Waals surface area contributed by atoms with Gasteiger partial charge in [0.05, 0.1) is 19.6 Å². The highest BCUT2D eigenvalue weighted by Gasteiger charge is 2.28. The number of benzene rings is 3. The molecule has 0 bridgehead atoms.